The van der Waals surface area contributed by atoms with Crippen LogP contribution < -0.4 is 0 Å². The van der Waals surface area contributed by atoms with Gasteiger partial charge in [0.25, 0.3) is 0 Å². The molecule has 14 heavy (non-hydrogen) atoms. The van der Waals surface area contributed by atoms with Crippen LogP contribution in [0.2, 0.25) is 0 Å². The minimum absolute atomic E-state index is 0.0739. The first-order valence-corrected chi connectivity index (χ1v) is 5.67. The average Bonchev–Trinajstić information content (AvgIpc) is 2.28. The Morgan fingerprint density at radius 1 is 1.71 bits per heavy atom. The molecule has 1 heterocycles. The first kappa shape index (κ1) is 11.5. The SMILES string of the molecule is Cc1nc(CC(C)S)sc1CC(=O)O. The van der Waals surface area contributed by atoms with Crippen LogP contribution in [0.5, 0.6) is 0 Å². The summed E-state index contributed by atoms with van der Waals surface area (Å²) in [4.78, 5) is 15.7. The van der Waals surface area contributed by atoms with Gasteiger partial charge in [0.05, 0.1) is 17.1 Å². The van der Waals surface area contributed by atoms with Gasteiger partial charge in [0.1, 0.15) is 0 Å². The van der Waals surface area contributed by atoms with Crippen molar-refractivity contribution in [1.82, 2.24) is 4.98 Å². The van der Waals surface area contributed by atoms with Gasteiger partial charge in [0.2, 0.25) is 0 Å². The van der Waals surface area contributed by atoms with Gasteiger partial charge in [-0.05, 0) is 6.92 Å². The summed E-state index contributed by atoms with van der Waals surface area (Å²) in [6.45, 7) is 3.85. The van der Waals surface area contributed by atoms with Crippen LogP contribution in [-0.2, 0) is 17.6 Å². The van der Waals surface area contributed by atoms with E-state index < -0.39 is 5.97 Å². The van der Waals surface area contributed by atoms with Gasteiger partial charge in [-0.3, -0.25) is 4.79 Å². The third kappa shape index (κ3) is 3.31. The zero-order chi connectivity index (χ0) is 10.7. The lowest BCUT2D eigenvalue weighted by atomic mass is 10.3. The Hall–Kier alpha value is -0.550. The van der Waals surface area contributed by atoms with Crippen LogP contribution >= 0.6 is 24.0 Å². The van der Waals surface area contributed by atoms with Gasteiger partial charge in [0.15, 0.2) is 0 Å². The number of carboxylic acids is 1. The molecule has 0 fully saturated rings. The van der Waals surface area contributed by atoms with Crippen LogP contribution in [0.3, 0.4) is 0 Å². The van der Waals surface area contributed by atoms with Crippen LogP contribution in [0.1, 0.15) is 22.5 Å². The number of carboxylic acid groups (broad SMARTS) is 1. The number of aryl methyl sites for hydroxylation is 1. The van der Waals surface area contributed by atoms with Crippen LogP contribution in [-0.4, -0.2) is 21.3 Å². The number of hydrogen-bond acceptors (Lipinski definition) is 4. The second-order valence-corrected chi connectivity index (χ2v) is 5.29. The normalized spacial score (nSPS) is 12.8. The van der Waals surface area contributed by atoms with E-state index in [2.05, 4.69) is 17.6 Å². The summed E-state index contributed by atoms with van der Waals surface area (Å²) in [5.74, 6) is -0.803. The Bertz CT molecular complexity index is 334. The summed E-state index contributed by atoms with van der Waals surface area (Å²) < 4.78 is 0. The number of nitrogens with zero attached hydrogens (tertiary/aromatic N) is 1. The van der Waals surface area contributed by atoms with Crippen LogP contribution in [0.15, 0.2) is 0 Å². The molecule has 0 spiro atoms. The number of rotatable bonds is 4. The van der Waals surface area contributed by atoms with Crippen molar-refractivity contribution in [2.45, 2.75) is 31.9 Å². The van der Waals surface area contributed by atoms with Crippen LogP contribution in [0.25, 0.3) is 0 Å². The molecule has 1 N–H and O–H groups in total. The molecule has 0 aliphatic heterocycles. The van der Waals surface area contributed by atoms with Crippen molar-refractivity contribution in [2.75, 3.05) is 0 Å². The van der Waals surface area contributed by atoms with Crippen molar-refractivity contribution in [2.24, 2.45) is 0 Å². The molecule has 0 saturated carbocycles. The maximum atomic E-state index is 10.5. The van der Waals surface area contributed by atoms with Gasteiger partial charge in [-0.1, -0.05) is 6.92 Å². The summed E-state index contributed by atoms with van der Waals surface area (Å²) in [6.07, 6.45) is 0.874. The largest absolute Gasteiger partial charge is 0.481 e. The summed E-state index contributed by atoms with van der Waals surface area (Å²) >= 11 is 5.75. The van der Waals surface area contributed by atoms with Gasteiger partial charge in [-0.25, -0.2) is 4.98 Å². The van der Waals surface area contributed by atoms with Crippen molar-refractivity contribution < 1.29 is 9.90 Å². The Kier molecular flexibility index (Phi) is 3.95. The first-order chi connectivity index (χ1) is 6.49. The highest BCUT2D eigenvalue weighted by Crippen LogP contribution is 2.20. The lowest BCUT2D eigenvalue weighted by Gasteiger charge is -1.97. The van der Waals surface area contributed by atoms with Crippen molar-refractivity contribution in [1.29, 1.82) is 0 Å². The molecule has 0 aliphatic carbocycles. The van der Waals surface area contributed by atoms with E-state index >= 15 is 0 Å². The summed E-state index contributed by atoms with van der Waals surface area (Å²) in [5.41, 5.74) is 0.835. The highest BCUT2D eigenvalue weighted by atomic mass is 32.1. The predicted molar refractivity (Wildman–Crippen MR) is 60.3 cm³/mol. The number of thiol groups is 1. The number of aromatic nitrogens is 1. The molecular formula is C9H13NO2S2. The van der Waals surface area contributed by atoms with Gasteiger partial charge in [-0.2, -0.15) is 12.6 Å². The van der Waals surface area contributed by atoms with Crippen LogP contribution in [0, 0.1) is 6.92 Å². The molecule has 0 aliphatic rings. The number of hydrogen-bond donors (Lipinski definition) is 2. The number of carbonyl (C=O) groups is 1. The average molecular weight is 231 g/mol. The fraction of sp³-hybridized carbons (Fsp3) is 0.556. The van der Waals surface area contributed by atoms with Gasteiger partial charge >= 0.3 is 5.97 Å². The molecule has 1 rings (SSSR count). The van der Waals surface area contributed by atoms with E-state index in [0.717, 1.165) is 22.0 Å². The van der Waals surface area contributed by atoms with E-state index in [1.165, 1.54) is 11.3 Å². The quantitative estimate of drug-likeness (QED) is 0.779. The molecule has 0 saturated heterocycles. The van der Waals surface area contributed by atoms with E-state index in [-0.39, 0.29) is 11.7 Å². The zero-order valence-electron chi connectivity index (χ0n) is 8.15. The van der Waals surface area contributed by atoms with E-state index in [1.807, 2.05) is 13.8 Å². The molecule has 1 aromatic rings. The molecule has 78 valence electrons. The smallest absolute Gasteiger partial charge is 0.308 e. The molecule has 1 unspecified atom stereocenters. The highest BCUT2D eigenvalue weighted by Gasteiger charge is 2.11. The molecule has 3 nitrogen and oxygen atoms in total. The highest BCUT2D eigenvalue weighted by molar-refractivity contribution is 7.80. The summed E-state index contributed by atoms with van der Waals surface area (Å²) in [7, 11) is 0. The van der Waals surface area contributed by atoms with E-state index in [9.17, 15) is 4.79 Å². The summed E-state index contributed by atoms with van der Waals surface area (Å²) in [6, 6.07) is 0. The standard InChI is InChI=1S/C9H13NO2S2/c1-5(13)3-8-10-6(2)7(14-8)4-9(11)12/h5,13H,3-4H2,1-2H3,(H,11,12). The number of aliphatic carboxylic acids is 1. The third-order valence-corrected chi connectivity index (χ3v) is 3.08. The van der Waals surface area contributed by atoms with E-state index in [0.29, 0.717) is 0 Å². The minimum Gasteiger partial charge on any atom is -0.481 e. The maximum absolute atomic E-state index is 10.5. The monoisotopic (exact) mass is 231 g/mol. The van der Waals surface area contributed by atoms with Crippen molar-refractivity contribution in [3.05, 3.63) is 15.6 Å². The maximum Gasteiger partial charge on any atom is 0.308 e. The lowest BCUT2D eigenvalue weighted by molar-refractivity contribution is -0.136. The number of thiazole rings is 1. The fourth-order valence-corrected chi connectivity index (χ4v) is 2.62. The van der Waals surface area contributed by atoms with Crippen molar-refractivity contribution >= 4 is 29.9 Å². The van der Waals surface area contributed by atoms with Gasteiger partial charge in [-0.15, -0.1) is 11.3 Å². The summed E-state index contributed by atoms with van der Waals surface area (Å²) in [5, 5.41) is 9.88. The molecule has 0 radical (unpaired) electrons. The fourth-order valence-electron chi connectivity index (χ4n) is 1.13. The zero-order valence-corrected chi connectivity index (χ0v) is 9.86. The van der Waals surface area contributed by atoms with Crippen molar-refractivity contribution in [3.63, 3.8) is 0 Å². The first-order valence-electron chi connectivity index (χ1n) is 4.34. The molecule has 0 amide bonds. The Morgan fingerprint density at radius 2 is 2.36 bits per heavy atom. The Balaban J connectivity index is 2.76. The van der Waals surface area contributed by atoms with Crippen LogP contribution in [0.4, 0.5) is 0 Å². The Morgan fingerprint density at radius 3 is 2.86 bits per heavy atom. The van der Waals surface area contributed by atoms with E-state index in [1.54, 1.807) is 0 Å². The molecule has 0 aromatic carbocycles. The van der Waals surface area contributed by atoms with Gasteiger partial charge in [0, 0.05) is 16.5 Å². The second-order valence-electron chi connectivity index (χ2n) is 3.24. The van der Waals surface area contributed by atoms with Gasteiger partial charge < -0.3 is 5.11 Å². The lowest BCUT2D eigenvalue weighted by Crippen LogP contribution is -1.99. The topological polar surface area (TPSA) is 50.2 Å². The van der Waals surface area contributed by atoms with Crippen molar-refractivity contribution in [3.8, 4) is 0 Å². The molecule has 5 heteroatoms. The Labute approximate surface area is 92.6 Å². The molecule has 1 aromatic heterocycles. The molecule has 0 bridgehead atoms. The second kappa shape index (κ2) is 4.79. The third-order valence-electron chi connectivity index (χ3n) is 1.72. The predicted octanol–water partition coefficient (Wildman–Crippen LogP) is 1.94. The minimum atomic E-state index is -0.803. The van der Waals surface area contributed by atoms with E-state index in [4.69, 9.17) is 5.11 Å². The molecule has 1 atom stereocenters. The molecular weight excluding hydrogens is 218 g/mol.